The van der Waals surface area contributed by atoms with Gasteiger partial charge >= 0.3 is 12.1 Å². The summed E-state index contributed by atoms with van der Waals surface area (Å²) in [7, 11) is 0. The fraction of sp³-hybridized carbons (Fsp3) is 0.357. The van der Waals surface area contributed by atoms with Gasteiger partial charge in [-0.15, -0.1) is 0 Å². The molecule has 0 saturated carbocycles. The summed E-state index contributed by atoms with van der Waals surface area (Å²) in [6.07, 6.45) is 6.43. The van der Waals surface area contributed by atoms with Gasteiger partial charge in [-0.05, 0) is 37.6 Å². The summed E-state index contributed by atoms with van der Waals surface area (Å²) in [5.74, 6) is 1.11. The molecule has 1 unspecified atom stereocenters. The second-order valence-corrected chi connectivity index (χ2v) is 10.0. The van der Waals surface area contributed by atoms with Gasteiger partial charge in [-0.3, -0.25) is 9.88 Å². The number of nitrogens with zero attached hydrogens (tertiary/aromatic N) is 6. The zero-order valence-electron chi connectivity index (χ0n) is 22.6. The number of anilines is 2. The van der Waals surface area contributed by atoms with Crippen molar-refractivity contribution in [2.24, 2.45) is 0 Å². The summed E-state index contributed by atoms with van der Waals surface area (Å²) in [5, 5.41) is 17.3. The van der Waals surface area contributed by atoms with Gasteiger partial charge < -0.3 is 24.6 Å². The average molecular weight is 560 g/mol. The van der Waals surface area contributed by atoms with Crippen molar-refractivity contribution < 1.29 is 28.9 Å². The number of aryl methyl sites for hydroxylation is 1. The first-order valence-corrected chi connectivity index (χ1v) is 13.4. The van der Waals surface area contributed by atoms with Crippen LogP contribution in [-0.2, 0) is 9.47 Å². The van der Waals surface area contributed by atoms with Crippen LogP contribution in [0, 0.1) is 6.92 Å². The number of aromatic nitrogens is 5. The lowest BCUT2D eigenvalue weighted by Gasteiger charge is -2.46. The van der Waals surface area contributed by atoms with E-state index >= 15 is 0 Å². The quantitative estimate of drug-likeness (QED) is 0.319. The molecular formula is C28H29N7O6. The Bertz CT molecular complexity index is 1580. The maximum atomic E-state index is 11.8. The largest absolute Gasteiger partial charge is 0.488 e. The summed E-state index contributed by atoms with van der Waals surface area (Å²) in [5.41, 5.74) is 3.63. The molecule has 212 valence electrons. The lowest BCUT2D eigenvalue weighted by molar-refractivity contribution is -0.0857. The van der Waals surface area contributed by atoms with Gasteiger partial charge in [-0.1, -0.05) is 0 Å². The van der Waals surface area contributed by atoms with Crippen LogP contribution >= 0.6 is 0 Å². The molecule has 6 heterocycles. The standard InChI is InChI=1S/C28H29N7O6/c1-3-40-27(36)23-11-31-26(13-30-23)32-25-10-18-7-17(4-5-34(18)33-25)22-6-16(2)29-12-24(22)41-21-8-19-14-39-15-20(9-21)35(19)28(37)38/h4-7,10-13,19-21H,3,8-9,14-15H2,1-2H3,(H,37,38)(H,31,32,33)/t19-,20+,21?. The first-order chi connectivity index (χ1) is 19.9. The second-order valence-electron chi connectivity index (χ2n) is 10.0. The molecule has 0 spiro atoms. The fourth-order valence-electron chi connectivity index (χ4n) is 5.38. The molecule has 0 aromatic carbocycles. The molecule has 6 rings (SSSR count). The Morgan fingerprint density at radius 2 is 1.88 bits per heavy atom. The zero-order chi connectivity index (χ0) is 28.5. The number of hydrogen-bond acceptors (Lipinski definition) is 10. The van der Waals surface area contributed by atoms with Gasteiger partial charge in [-0.2, -0.15) is 5.10 Å². The van der Waals surface area contributed by atoms with Crippen LogP contribution in [0.1, 0.15) is 35.9 Å². The van der Waals surface area contributed by atoms with Gasteiger partial charge in [0.05, 0.1) is 56.0 Å². The number of esters is 1. The molecule has 2 aliphatic heterocycles. The third-order valence-electron chi connectivity index (χ3n) is 7.16. The van der Waals surface area contributed by atoms with Crippen LogP contribution in [0.4, 0.5) is 16.4 Å². The number of pyridine rings is 2. The van der Waals surface area contributed by atoms with Crippen LogP contribution in [0.5, 0.6) is 5.75 Å². The molecule has 13 nitrogen and oxygen atoms in total. The van der Waals surface area contributed by atoms with Gasteiger partial charge in [0.1, 0.15) is 17.7 Å². The van der Waals surface area contributed by atoms with Crippen molar-refractivity contribution in [3.63, 3.8) is 0 Å². The maximum Gasteiger partial charge on any atom is 0.407 e. The fourth-order valence-corrected chi connectivity index (χ4v) is 5.38. The van der Waals surface area contributed by atoms with Crippen LogP contribution in [-0.4, -0.2) is 84.6 Å². The molecule has 4 aromatic rings. The van der Waals surface area contributed by atoms with Gasteiger partial charge in [-0.25, -0.2) is 24.1 Å². The van der Waals surface area contributed by atoms with Crippen molar-refractivity contribution >= 4 is 29.2 Å². The molecule has 2 aliphatic rings. The SMILES string of the molecule is CCOC(=O)c1cnc(Nc2cc3cc(-c4cc(C)ncc4OC4C[C@H]5COC[C@@H](C4)N5C(=O)O)ccn3n2)cn1. The highest BCUT2D eigenvalue weighted by Crippen LogP contribution is 2.35. The van der Waals surface area contributed by atoms with Gasteiger partial charge in [0.2, 0.25) is 0 Å². The molecule has 1 amide bonds. The molecule has 2 fully saturated rings. The van der Waals surface area contributed by atoms with Crippen LogP contribution in [0.2, 0.25) is 0 Å². The van der Waals surface area contributed by atoms with E-state index in [1.54, 1.807) is 17.6 Å². The van der Waals surface area contributed by atoms with E-state index in [1.807, 2.05) is 37.4 Å². The Morgan fingerprint density at radius 3 is 2.59 bits per heavy atom. The number of amides is 1. The molecule has 3 atom stereocenters. The molecule has 4 aromatic heterocycles. The Labute approximate surface area is 235 Å². The third-order valence-corrected chi connectivity index (χ3v) is 7.16. The number of carboxylic acid groups (broad SMARTS) is 1. The number of ether oxygens (including phenoxy) is 3. The van der Waals surface area contributed by atoms with Crippen LogP contribution in [0.15, 0.2) is 49.1 Å². The summed E-state index contributed by atoms with van der Waals surface area (Å²) >= 11 is 0. The number of morpholine rings is 1. The van der Waals surface area contributed by atoms with Crippen LogP contribution < -0.4 is 10.1 Å². The number of carbonyl (C=O) groups is 2. The first kappa shape index (κ1) is 26.4. The van der Waals surface area contributed by atoms with Crippen molar-refractivity contribution in [3.05, 3.63) is 60.4 Å². The van der Waals surface area contributed by atoms with Crippen molar-refractivity contribution in [2.75, 3.05) is 25.1 Å². The zero-order valence-corrected chi connectivity index (χ0v) is 22.6. The molecule has 41 heavy (non-hydrogen) atoms. The Hall–Kier alpha value is -4.78. The second kappa shape index (κ2) is 11.0. The molecule has 2 bridgehead atoms. The minimum Gasteiger partial charge on any atom is -0.488 e. The van der Waals surface area contributed by atoms with Crippen LogP contribution in [0.25, 0.3) is 16.6 Å². The smallest absolute Gasteiger partial charge is 0.407 e. The molecule has 0 radical (unpaired) electrons. The molecule has 13 heteroatoms. The van der Waals surface area contributed by atoms with E-state index in [1.165, 1.54) is 17.3 Å². The van der Waals surface area contributed by atoms with E-state index in [0.29, 0.717) is 43.4 Å². The van der Waals surface area contributed by atoms with E-state index in [9.17, 15) is 14.7 Å². The van der Waals surface area contributed by atoms with Crippen LogP contribution in [0.3, 0.4) is 0 Å². The highest BCUT2D eigenvalue weighted by Gasteiger charge is 2.42. The number of carbonyl (C=O) groups excluding carboxylic acids is 1. The number of fused-ring (bicyclic) bond motifs is 3. The van der Waals surface area contributed by atoms with Crippen molar-refractivity contribution in [1.82, 2.24) is 29.5 Å². The summed E-state index contributed by atoms with van der Waals surface area (Å²) in [6.45, 7) is 4.66. The number of hydrogen-bond donors (Lipinski definition) is 2. The molecule has 2 N–H and O–H groups in total. The lowest BCUT2D eigenvalue weighted by Crippen LogP contribution is -2.60. The number of nitrogens with one attached hydrogen (secondary N) is 1. The minimum atomic E-state index is -0.914. The van der Waals surface area contributed by atoms with Gasteiger partial charge in [0, 0.05) is 36.4 Å². The van der Waals surface area contributed by atoms with Crippen molar-refractivity contribution in [3.8, 4) is 16.9 Å². The van der Waals surface area contributed by atoms with E-state index < -0.39 is 12.1 Å². The highest BCUT2D eigenvalue weighted by atomic mass is 16.5. The van der Waals surface area contributed by atoms with E-state index in [0.717, 1.165) is 22.3 Å². The Kier molecular flexibility index (Phi) is 7.10. The Morgan fingerprint density at radius 1 is 1.07 bits per heavy atom. The third kappa shape index (κ3) is 5.48. The average Bonchev–Trinajstić information content (AvgIpc) is 3.35. The molecule has 0 aliphatic carbocycles. The summed E-state index contributed by atoms with van der Waals surface area (Å²) in [6, 6.07) is 7.36. The topological polar surface area (TPSA) is 153 Å². The molecular weight excluding hydrogens is 530 g/mol. The first-order valence-electron chi connectivity index (χ1n) is 13.4. The predicted octanol–water partition coefficient (Wildman–Crippen LogP) is 3.70. The lowest BCUT2D eigenvalue weighted by atomic mass is 9.92. The molecule has 2 saturated heterocycles. The van der Waals surface area contributed by atoms with E-state index in [2.05, 4.69) is 25.4 Å². The highest BCUT2D eigenvalue weighted by molar-refractivity contribution is 5.87. The predicted molar refractivity (Wildman–Crippen MR) is 146 cm³/mol. The summed E-state index contributed by atoms with van der Waals surface area (Å²) < 4.78 is 18.8. The normalized spacial score (nSPS) is 20.0. The number of rotatable bonds is 7. The monoisotopic (exact) mass is 559 g/mol. The van der Waals surface area contributed by atoms with E-state index in [-0.39, 0.29) is 30.5 Å². The van der Waals surface area contributed by atoms with E-state index in [4.69, 9.17) is 14.2 Å². The van der Waals surface area contributed by atoms with Crippen molar-refractivity contribution in [1.29, 1.82) is 0 Å². The maximum absolute atomic E-state index is 11.8. The summed E-state index contributed by atoms with van der Waals surface area (Å²) in [4.78, 5) is 37.9. The van der Waals surface area contributed by atoms with Gasteiger partial charge in [0.25, 0.3) is 0 Å². The minimum absolute atomic E-state index is 0.131. The Balaban J connectivity index is 1.21. The van der Waals surface area contributed by atoms with Gasteiger partial charge in [0.15, 0.2) is 11.5 Å². The van der Waals surface area contributed by atoms with Crippen molar-refractivity contribution in [2.45, 2.75) is 44.9 Å². The number of piperidine rings is 1.